The van der Waals surface area contributed by atoms with Crippen LogP contribution in [0.1, 0.15) is 11.5 Å². The molecular weight excluding hydrogens is 243 g/mol. The number of aromatic nitrogens is 1. The Morgan fingerprint density at radius 1 is 1.16 bits per heavy atom. The monoisotopic (exact) mass is 256 g/mol. The van der Waals surface area contributed by atoms with Gasteiger partial charge in [-0.05, 0) is 31.2 Å². The Balaban J connectivity index is 1.76. The van der Waals surface area contributed by atoms with E-state index in [-0.39, 0.29) is 5.82 Å². The van der Waals surface area contributed by atoms with Gasteiger partial charge < -0.3 is 9.73 Å². The van der Waals surface area contributed by atoms with Gasteiger partial charge >= 0.3 is 0 Å². The molecule has 1 N–H and O–H groups in total. The van der Waals surface area contributed by atoms with Crippen molar-refractivity contribution in [3.63, 3.8) is 0 Å². The number of halogens is 1. The smallest absolute Gasteiger partial charge is 0.214 e. The summed E-state index contributed by atoms with van der Waals surface area (Å²) in [5, 5.41) is 3.21. The first kappa shape index (κ1) is 11.7. The molecule has 4 heteroatoms. The molecule has 96 valence electrons. The van der Waals surface area contributed by atoms with Gasteiger partial charge in [0, 0.05) is 11.8 Å². The lowest BCUT2D eigenvalue weighted by molar-refractivity contribution is 0.540. The van der Waals surface area contributed by atoms with Gasteiger partial charge in [-0.25, -0.2) is 9.37 Å². The molecule has 0 amide bonds. The Morgan fingerprint density at radius 3 is 2.74 bits per heavy atom. The van der Waals surface area contributed by atoms with Crippen molar-refractivity contribution in [1.29, 1.82) is 0 Å². The van der Waals surface area contributed by atoms with Crippen molar-refractivity contribution in [2.75, 3.05) is 5.32 Å². The molecule has 0 saturated carbocycles. The first-order valence-corrected chi connectivity index (χ1v) is 6.06. The summed E-state index contributed by atoms with van der Waals surface area (Å²) in [6.45, 7) is 2.51. The summed E-state index contributed by atoms with van der Waals surface area (Å²) in [6, 6.07) is 12.4. The Labute approximate surface area is 110 Å². The molecule has 0 saturated heterocycles. The van der Waals surface area contributed by atoms with Crippen LogP contribution in [0.3, 0.4) is 0 Å². The van der Waals surface area contributed by atoms with Gasteiger partial charge in [-0.15, -0.1) is 0 Å². The van der Waals surface area contributed by atoms with Gasteiger partial charge in [-0.1, -0.05) is 17.7 Å². The standard InChI is InChI=1S/C15H13FN2O/c1-10-2-5-12(6-3-10)17-9-15-18-13-8-11(16)4-7-14(13)19-15/h2-8,17H,9H2,1H3. The lowest BCUT2D eigenvalue weighted by atomic mass is 10.2. The minimum Gasteiger partial charge on any atom is -0.439 e. The van der Waals surface area contributed by atoms with Crippen LogP contribution in [0.2, 0.25) is 0 Å². The van der Waals surface area contributed by atoms with Crippen LogP contribution in [-0.2, 0) is 6.54 Å². The summed E-state index contributed by atoms with van der Waals surface area (Å²) in [5.74, 6) is 0.236. The van der Waals surface area contributed by atoms with Gasteiger partial charge in [-0.2, -0.15) is 0 Å². The van der Waals surface area contributed by atoms with E-state index in [1.54, 1.807) is 6.07 Å². The molecule has 3 rings (SSSR count). The van der Waals surface area contributed by atoms with Crippen LogP contribution in [0.15, 0.2) is 46.9 Å². The summed E-state index contributed by atoms with van der Waals surface area (Å²) in [7, 11) is 0. The average molecular weight is 256 g/mol. The van der Waals surface area contributed by atoms with E-state index in [1.165, 1.54) is 17.7 Å². The molecule has 0 aliphatic carbocycles. The quantitative estimate of drug-likeness (QED) is 0.772. The van der Waals surface area contributed by atoms with Crippen LogP contribution in [-0.4, -0.2) is 4.98 Å². The zero-order chi connectivity index (χ0) is 13.2. The fourth-order valence-electron chi connectivity index (χ4n) is 1.87. The highest BCUT2D eigenvalue weighted by molar-refractivity contribution is 5.72. The number of benzene rings is 2. The molecule has 19 heavy (non-hydrogen) atoms. The second-order valence-corrected chi connectivity index (χ2v) is 4.44. The average Bonchev–Trinajstić information content (AvgIpc) is 2.80. The lowest BCUT2D eigenvalue weighted by Gasteiger charge is -2.03. The van der Waals surface area contributed by atoms with Gasteiger partial charge in [-0.3, -0.25) is 0 Å². The van der Waals surface area contributed by atoms with Crippen LogP contribution < -0.4 is 5.32 Å². The number of rotatable bonds is 3. The minimum absolute atomic E-state index is 0.307. The normalized spacial score (nSPS) is 10.8. The molecule has 1 heterocycles. The van der Waals surface area contributed by atoms with Gasteiger partial charge in [0.2, 0.25) is 5.89 Å². The lowest BCUT2D eigenvalue weighted by Crippen LogP contribution is -1.99. The third-order valence-electron chi connectivity index (χ3n) is 2.89. The molecule has 3 aromatic rings. The Bertz CT molecular complexity index is 704. The molecule has 0 aliphatic rings. The van der Waals surface area contributed by atoms with E-state index >= 15 is 0 Å². The number of aryl methyl sites for hydroxylation is 1. The molecule has 0 atom stereocenters. The molecule has 0 aliphatic heterocycles. The van der Waals surface area contributed by atoms with E-state index in [2.05, 4.69) is 10.3 Å². The van der Waals surface area contributed by atoms with Crippen LogP contribution in [0.4, 0.5) is 10.1 Å². The zero-order valence-electron chi connectivity index (χ0n) is 10.5. The topological polar surface area (TPSA) is 38.1 Å². The Hall–Kier alpha value is -2.36. The van der Waals surface area contributed by atoms with E-state index in [9.17, 15) is 4.39 Å². The molecule has 0 spiro atoms. The van der Waals surface area contributed by atoms with Crippen molar-refractivity contribution in [2.24, 2.45) is 0 Å². The van der Waals surface area contributed by atoms with Crippen LogP contribution in [0, 0.1) is 12.7 Å². The highest BCUT2D eigenvalue weighted by Crippen LogP contribution is 2.17. The van der Waals surface area contributed by atoms with Gasteiger partial charge in [0.05, 0.1) is 6.54 Å². The first-order valence-electron chi connectivity index (χ1n) is 6.06. The predicted molar refractivity (Wildman–Crippen MR) is 72.5 cm³/mol. The molecule has 3 nitrogen and oxygen atoms in total. The summed E-state index contributed by atoms with van der Waals surface area (Å²) >= 11 is 0. The summed E-state index contributed by atoms with van der Waals surface area (Å²) in [4.78, 5) is 4.24. The maximum Gasteiger partial charge on any atom is 0.214 e. The maximum absolute atomic E-state index is 13.0. The van der Waals surface area contributed by atoms with Crippen LogP contribution in [0.5, 0.6) is 0 Å². The number of nitrogens with one attached hydrogen (secondary N) is 1. The highest BCUT2D eigenvalue weighted by Gasteiger charge is 2.06. The fraction of sp³-hybridized carbons (Fsp3) is 0.133. The van der Waals surface area contributed by atoms with E-state index in [0.29, 0.717) is 23.5 Å². The molecule has 2 aromatic carbocycles. The van der Waals surface area contributed by atoms with Gasteiger partial charge in [0.15, 0.2) is 5.58 Å². The molecule has 0 fully saturated rings. The second kappa shape index (κ2) is 4.72. The van der Waals surface area contributed by atoms with Crippen molar-refractivity contribution < 1.29 is 8.81 Å². The predicted octanol–water partition coefficient (Wildman–Crippen LogP) is 3.89. The van der Waals surface area contributed by atoms with E-state index in [0.717, 1.165) is 5.69 Å². The van der Waals surface area contributed by atoms with Crippen molar-refractivity contribution in [1.82, 2.24) is 4.98 Å². The summed E-state index contributed by atoms with van der Waals surface area (Å²) in [6.07, 6.45) is 0. The molecule has 0 bridgehead atoms. The maximum atomic E-state index is 13.0. The second-order valence-electron chi connectivity index (χ2n) is 4.44. The van der Waals surface area contributed by atoms with E-state index in [4.69, 9.17) is 4.42 Å². The number of hydrogen-bond donors (Lipinski definition) is 1. The third kappa shape index (κ3) is 2.57. The number of anilines is 1. The third-order valence-corrected chi connectivity index (χ3v) is 2.89. The van der Waals surface area contributed by atoms with Gasteiger partial charge in [0.25, 0.3) is 0 Å². The van der Waals surface area contributed by atoms with Crippen molar-refractivity contribution in [3.05, 3.63) is 59.7 Å². The summed E-state index contributed by atoms with van der Waals surface area (Å²) in [5.41, 5.74) is 3.35. The highest BCUT2D eigenvalue weighted by atomic mass is 19.1. The largest absolute Gasteiger partial charge is 0.439 e. The molecule has 0 unspecified atom stereocenters. The zero-order valence-corrected chi connectivity index (χ0v) is 10.5. The van der Waals surface area contributed by atoms with Crippen molar-refractivity contribution in [2.45, 2.75) is 13.5 Å². The number of oxazole rings is 1. The van der Waals surface area contributed by atoms with Crippen LogP contribution in [0.25, 0.3) is 11.1 Å². The molecule has 1 aromatic heterocycles. The van der Waals surface area contributed by atoms with Crippen molar-refractivity contribution >= 4 is 16.8 Å². The van der Waals surface area contributed by atoms with E-state index in [1.807, 2.05) is 31.2 Å². The Kier molecular flexibility index (Phi) is 2.91. The SMILES string of the molecule is Cc1ccc(NCc2nc3cc(F)ccc3o2)cc1. The Morgan fingerprint density at radius 2 is 1.95 bits per heavy atom. The van der Waals surface area contributed by atoms with Gasteiger partial charge in [0.1, 0.15) is 11.3 Å². The summed E-state index contributed by atoms with van der Waals surface area (Å²) < 4.78 is 18.6. The molecule has 0 radical (unpaired) electrons. The molecular formula is C15H13FN2O. The number of fused-ring (bicyclic) bond motifs is 1. The fourth-order valence-corrected chi connectivity index (χ4v) is 1.87. The number of nitrogens with zero attached hydrogens (tertiary/aromatic N) is 1. The van der Waals surface area contributed by atoms with Crippen molar-refractivity contribution in [3.8, 4) is 0 Å². The van der Waals surface area contributed by atoms with E-state index < -0.39 is 0 Å². The number of hydrogen-bond acceptors (Lipinski definition) is 3. The minimum atomic E-state index is -0.307. The van der Waals surface area contributed by atoms with Crippen LogP contribution >= 0.6 is 0 Å². The first-order chi connectivity index (χ1) is 9.20.